The molecule has 0 aliphatic rings. The van der Waals surface area contributed by atoms with Gasteiger partial charge in [0.05, 0.1) is 22.6 Å². The average Bonchev–Trinajstić information content (AvgIpc) is 2.87. The van der Waals surface area contributed by atoms with E-state index in [1.165, 1.54) is 11.3 Å². The molecule has 1 heterocycles. The number of hydrogen-bond acceptors (Lipinski definition) is 5. The van der Waals surface area contributed by atoms with Gasteiger partial charge in [-0.1, -0.05) is 0 Å². The maximum atomic E-state index is 13.9. The topological polar surface area (TPSA) is 97.1 Å². The van der Waals surface area contributed by atoms with Crippen molar-refractivity contribution >= 4 is 38.9 Å². The first-order chi connectivity index (χ1) is 10.4. The summed E-state index contributed by atoms with van der Waals surface area (Å²) in [5.41, 5.74) is 6.64. The zero-order valence-electron chi connectivity index (χ0n) is 11.4. The monoisotopic (exact) mass is 346 g/mol. The Bertz CT molecular complexity index is 713. The Kier molecular flexibility index (Phi) is 5.16. The molecule has 0 fully saturated rings. The number of carbonyl (C=O) groups is 1. The molecule has 2 rings (SSSR count). The summed E-state index contributed by atoms with van der Waals surface area (Å²) in [6.07, 6.45) is 0. The molecule has 22 heavy (non-hydrogen) atoms. The minimum Gasteiger partial charge on any atom is -0.322 e. The first kappa shape index (κ1) is 16.5. The number of hydrogen-bond donors (Lipinski definition) is 3. The van der Waals surface area contributed by atoms with Crippen molar-refractivity contribution in [2.75, 3.05) is 16.6 Å². The molecule has 0 aliphatic carbocycles. The molecular formula is C12H12F2N4O2S2. The van der Waals surface area contributed by atoms with Crippen LogP contribution in [0.4, 0.5) is 19.5 Å². The number of carbonyl (C=O) groups excluding carboxylic acids is 1. The number of thiazole rings is 1. The van der Waals surface area contributed by atoms with Crippen LogP contribution in [0.25, 0.3) is 0 Å². The van der Waals surface area contributed by atoms with Gasteiger partial charge >= 0.3 is 0 Å². The third kappa shape index (κ3) is 3.64. The fraction of sp³-hybridized carbons (Fsp3) is 0.167. The highest BCUT2D eigenvalue weighted by molar-refractivity contribution is 7.86. The second kappa shape index (κ2) is 6.90. The van der Waals surface area contributed by atoms with Crippen molar-refractivity contribution in [2.24, 2.45) is 5.73 Å². The van der Waals surface area contributed by atoms with Crippen molar-refractivity contribution in [3.05, 3.63) is 35.0 Å². The van der Waals surface area contributed by atoms with Gasteiger partial charge in [-0.2, -0.15) is 0 Å². The molecule has 4 N–H and O–H groups in total. The number of nitrogens with one attached hydrogen (secondary N) is 2. The number of aryl methyl sites for hydroxylation is 1. The van der Waals surface area contributed by atoms with E-state index in [0.717, 1.165) is 12.1 Å². The van der Waals surface area contributed by atoms with Crippen molar-refractivity contribution in [1.29, 1.82) is 0 Å². The highest BCUT2D eigenvalue weighted by Crippen LogP contribution is 2.25. The second-order valence-electron chi connectivity index (χ2n) is 4.15. The van der Waals surface area contributed by atoms with E-state index in [9.17, 15) is 17.8 Å². The fourth-order valence-corrected chi connectivity index (χ4v) is 3.32. The molecule has 0 saturated heterocycles. The van der Waals surface area contributed by atoms with Gasteiger partial charge in [-0.15, -0.1) is 11.3 Å². The van der Waals surface area contributed by atoms with E-state index in [1.54, 1.807) is 12.4 Å². The summed E-state index contributed by atoms with van der Waals surface area (Å²) < 4.78 is 42.4. The number of rotatable bonds is 5. The minimum atomic E-state index is -1.86. The molecular weight excluding hydrogens is 334 g/mol. The van der Waals surface area contributed by atoms with Gasteiger partial charge in [-0.25, -0.2) is 18.0 Å². The lowest BCUT2D eigenvalue weighted by atomic mass is 10.3. The fourth-order valence-electron chi connectivity index (χ4n) is 1.51. The molecule has 118 valence electrons. The van der Waals surface area contributed by atoms with Gasteiger partial charge in [0, 0.05) is 0 Å². The molecule has 1 amide bonds. The lowest BCUT2D eigenvalue weighted by molar-refractivity contribution is -0.114. The Labute approximate surface area is 131 Å². The van der Waals surface area contributed by atoms with Gasteiger partial charge in [0.2, 0.25) is 5.91 Å². The maximum absolute atomic E-state index is 13.9. The SMILES string of the molecule is Cc1ncsc1NS(=O)c1cc(F)c(NC(=O)CN)c(F)c1. The Hall–Kier alpha value is -1.91. The van der Waals surface area contributed by atoms with Gasteiger partial charge in [-0.05, 0) is 19.1 Å². The first-order valence-electron chi connectivity index (χ1n) is 6.00. The minimum absolute atomic E-state index is 0.103. The van der Waals surface area contributed by atoms with E-state index < -0.39 is 40.8 Å². The quantitative estimate of drug-likeness (QED) is 0.768. The highest BCUT2D eigenvalue weighted by Gasteiger charge is 2.17. The number of nitrogens with two attached hydrogens (primary N) is 1. The summed E-state index contributed by atoms with van der Waals surface area (Å²) >= 11 is 1.22. The van der Waals surface area contributed by atoms with Gasteiger partial charge in [-0.3, -0.25) is 9.52 Å². The van der Waals surface area contributed by atoms with E-state index >= 15 is 0 Å². The predicted molar refractivity (Wildman–Crippen MR) is 80.9 cm³/mol. The Morgan fingerprint density at radius 2 is 2.05 bits per heavy atom. The smallest absolute Gasteiger partial charge is 0.238 e. The zero-order valence-corrected chi connectivity index (χ0v) is 13.0. The van der Waals surface area contributed by atoms with Gasteiger partial charge < -0.3 is 11.1 Å². The van der Waals surface area contributed by atoms with E-state index in [0.29, 0.717) is 10.7 Å². The van der Waals surface area contributed by atoms with Crippen LogP contribution in [-0.4, -0.2) is 21.6 Å². The molecule has 1 atom stereocenters. The van der Waals surface area contributed by atoms with Crippen LogP contribution in [0.5, 0.6) is 0 Å². The Morgan fingerprint density at radius 3 is 2.55 bits per heavy atom. The Balaban J connectivity index is 2.24. The van der Waals surface area contributed by atoms with Crippen LogP contribution in [0.2, 0.25) is 0 Å². The van der Waals surface area contributed by atoms with Crippen molar-refractivity contribution in [3.8, 4) is 0 Å². The number of benzene rings is 1. The lowest BCUT2D eigenvalue weighted by Crippen LogP contribution is -2.23. The van der Waals surface area contributed by atoms with Crippen LogP contribution in [-0.2, 0) is 15.8 Å². The zero-order chi connectivity index (χ0) is 16.3. The summed E-state index contributed by atoms with van der Waals surface area (Å²) in [7, 11) is -1.86. The van der Waals surface area contributed by atoms with Crippen LogP contribution in [0, 0.1) is 18.6 Å². The summed E-state index contributed by atoms with van der Waals surface area (Å²) in [6, 6.07) is 1.77. The van der Waals surface area contributed by atoms with Gasteiger partial charge in [0.1, 0.15) is 10.7 Å². The number of nitrogens with zero attached hydrogens (tertiary/aromatic N) is 1. The van der Waals surface area contributed by atoms with Crippen LogP contribution < -0.4 is 15.8 Å². The molecule has 0 bridgehead atoms. The van der Waals surface area contributed by atoms with Crippen molar-refractivity contribution in [1.82, 2.24) is 4.98 Å². The molecule has 2 aromatic rings. The molecule has 6 nitrogen and oxygen atoms in total. The lowest BCUT2D eigenvalue weighted by Gasteiger charge is -2.09. The standard InChI is InChI=1S/C12H12F2N4O2S2/c1-6-12(21-5-16-6)18-22(20)7-2-8(13)11(9(14)3-7)17-10(19)4-15/h2-3,5,18H,4,15H2,1H3,(H,17,19). The summed E-state index contributed by atoms with van der Waals surface area (Å²) in [5, 5.41) is 2.55. The predicted octanol–water partition coefficient (Wildman–Crippen LogP) is 1.76. The van der Waals surface area contributed by atoms with E-state index in [1.807, 2.05) is 5.32 Å². The number of anilines is 2. The third-order valence-electron chi connectivity index (χ3n) is 2.61. The molecule has 10 heteroatoms. The van der Waals surface area contributed by atoms with Crippen molar-refractivity contribution in [2.45, 2.75) is 11.8 Å². The molecule has 0 aliphatic heterocycles. The molecule has 1 aromatic heterocycles. The van der Waals surface area contributed by atoms with Crippen LogP contribution in [0.1, 0.15) is 5.69 Å². The summed E-state index contributed by atoms with van der Waals surface area (Å²) in [4.78, 5) is 15.0. The third-order valence-corrected chi connectivity index (χ3v) is 4.64. The van der Waals surface area contributed by atoms with Crippen molar-refractivity contribution < 1.29 is 17.8 Å². The van der Waals surface area contributed by atoms with Gasteiger partial charge in [0.25, 0.3) is 0 Å². The summed E-state index contributed by atoms with van der Waals surface area (Å²) in [6.45, 7) is 1.31. The van der Waals surface area contributed by atoms with Crippen LogP contribution in [0.3, 0.4) is 0 Å². The Morgan fingerprint density at radius 1 is 1.41 bits per heavy atom. The van der Waals surface area contributed by atoms with E-state index in [2.05, 4.69) is 9.71 Å². The number of halogens is 2. The average molecular weight is 346 g/mol. The largest absolute Gasteiger partial charge is 0.322 e. The summed E-state index contributed by atoms with van der Waals surface area (Å²) in [5.74, 6) is -2.80. The molecule has 0 saturated carbocycles. The molecule has 0 spiro atoms. The molecule has 1 unspecified atom stereocenters. The van der Waals surface area contributed by atoms with Crippen molar-refractivity contribution in [3.63, 3.8) is 0 Å². The number of aromatic nitrogens is 1. The molecule has 1 aromatic carbocycles. The highest BCUT2D eigenvalue weighted by atomic mass is 32.2. The maximum Gasteiger partial charge on any atom is 0.238 e. The second-order valence-corrected chi connectivity index (χ2v) is 6.22. The van der Waals surface area contributed by atoms with Gasteiger partial charge in [0.15, 0.2) is 22.6 Å². The van der Waals surface area contributed by atoms with Crippen LogP contribution >= 0.6 is 11.3 Å². The first-order valence-corrected chi connectivity index (χ1v) is 8.02. The van der Waals surface area contributed by atoms with Crippen LogP contribution in [0.15, 0.2) is 22.5 Å². The van der Waals surface area contributed by atoms with E-state index in [-0.39, 0.29) is 4.90 Å². The normalized spacial score (nSPS) is 12.0. The molecule has 0 radical (unpaired) electrons. The number of amides is 1. The van der Waals surface area contributed by atoms with E-state index in [4.69, 9.17) is 5.73 Å².